The summed E-state index contributed by atoms with van der Waals surface area (Å²) < 4.78 is 0. The molecule has 0 radical (unpaired) electrons. The van der Waals surface area contributed by atoms with E-state index in [1.54, 1.807) is 0 Å². The molecule has 0 nitrogen and oxygen atoms in total. The lowest BCUT2D eigenvalue weighted by molar-refractivity contribution is 0.922. The first kappa shape index (κ1) is 19.2. The maximum absolute atomic E-state index is 6.69. The van der Waals surface area contributed by atoms with Crippen LogP contribution in [0.3, 0.4) is 0 Å². The predicted molar refractivity (Wildman–Crippen MR) is 119 cm³/mol. The van der Waals surface area contributed by atoms with Crippen molar-refractivity contribution in [3.05, 3.63) is 119 Å². The Morgan fingerprint density at radius 3 is 2.11 bits per heavy atom. The normalized spacial score (nSPS) is 13.0. The zero-order valence-electron chi connectivity index (χ0n) is 15.7. The Balaban J connectivity index is 1.88. The quantitative estimate of drug-likeness (QED) is 0.398. The molecule has 27 heavy (non-hydrogen) atoms. The van der Waals surface area contributed by atoms with Gasteiger partial charge in [-0.25, -0.2) is 0 Å². The number of benzene rings is 3. The van der Waals surface area contributed by atoms with E-state index in [9.17, 15) is 0 Å². The lowest BCUT2D eigenvalue weighted by Crippen LogP contribution is -1.92. The van der Waals surface area contributed by atoms with Crippen molar-refractivity contribution in [3.8, 4) is 0 Å². The molecule has 0 bridgehead atoms. The Kier molecular flexibility index (Phi) is 7.07. The van der Waals surface area contributed by atoms with Gasteiger partial charge in [0.25, 0.3) is 0 Å². The summed E-state index contributed by atoms with van der Waals surface area (Å²) in [6, 6.07) is 29.4. The van der Waals surface area contributed by atoms with Crippen LogP contribution in [-0.4, -0.2) is 0 Å². The molecule has 0 aliphatic heterocycles. The van der Waals surface area contributed by atoms with Crippen molar-refractivity contribution in [2.24, 2.45) is 0 Å². The molecule has 0 heterocycles. The van der Waals surface area contributed by atoms with Gasteiger partial charge in [-0.15, -0.1) is 0 Å². The van der Waals surface area contributed by atoms with Crippen LogP contribution < -0.4 is 0 Å². The highest BCUT2D eigenvalue weighted by Crippen LogP contribution is 2.28. The van der Waals surface area contributed by atoms with Crippen LogP contribution in [0, 0.1) is 0 Å². The lowest BCUT2D eigenvalue weighted by Gasteiger charge is -2.11. The van der Waals surface area contributed by atoms with Crippen LogP contribution in [0.1, 0.15) is 41.5 Å². The van der Waals surface area contributed by atoms with E-state index >= 15 is 0 Å². The van der Waals surface area contributed by atoms with Gasteiger partial charge >= 0.3 is 0 Å². The lowest BCUT2D eigenvalue weighted by atomic mass is 9.96. The van der Waals surface area contributed by atoms with E-state index in [0.29, 0.717) is 0 Å². The van der Waals surface area contributed by atoms with Gasteiger partial charge in [-0.3, -0.25) is 0 Å². The SMILES string of the molecule is CCCc1ccc(/C(Cl)=C\C(/C=C/c2ccccc2)c2ccccc2)cc1. The minimum Gasteiger partial charge on any atom is -0.0840 e. The summed E-state index contributed by atoms with van der Waals surface area (Å²) in [6.45, 7) is 2.20. The molecular weight excluding hydrogens is 348 g/mol. The molecule has 1 unspecified atom stereocenters. The molecule has 0 saturated carbocycles. The molecule has 0 N–H and O–H groups in total. The first-order valence-corrected chi connectivity index (χ1v) is 9.89. The van der Waals surface area contributed by atoms with E-state index in [4.69, 9.17) is 11.6 Å². The molecule has 3 aromatic carbocycles. The number of rotatable bonds is 7. The van der Waals surface area contributed by atoms with Crippen molar-refractivity contribution in [2.75, 3.05) is 0 Å². The second-order valence-electron chi connectivity index (χ2n) is 6.67. The number of hydrogen-bond acceptors (Lipinski definition) is 0. The van der Waals surface area contributed by atoms with Crippen molar-refractivity contribution in [1.29, 1.82) is 0 Å². The maximum Gasteiger partial charge on any atom is 0.0447 e. The number of halogens is 1. The van der Waals surface area contributed by atoms with Gasteiger partial charge in [0.15, 0.2) is 0 Å². The Bertz CT molecular complexity index is 875. The highest BCUT2D eigenvalue weighted by molar-refractivity contribution is 6.48. The average Bonchev–Trinajstić information content (AvgIpc) is 2.73. The van der Waals surface area contributed by atoms with Gasteiger partial charge in [-0.2, -0.15) is 0 Å². The maximum atomic E-state index is 6.69. The predicted octanol–water partition coefficient (Wildman–Crippen LogP) is 7.72. The van der Waals surface area contributed by atoms with E-state index in [1.165, 1.54) is 16.7 Å². The van der Waals surface area contributed by atoms with Gasteiger partial charge in [-0.05, 0) is 28.7 Å². The summed E-state index contributed by atoms with van der Waals surface area (Å²) >= 11 is 6.69. The Morgan fingerprint density at radius 2 is 1.48 bits per heavy atom. The first-order valence-electron chi connectivity index (χ1n) is 9.51. The Labute approximate surface area is 167 Å². The highest BCUT2D eigenvalue weighted by atomic mass is 35.5. The first-order chi connectivity index (χ1) is 13.3. The van der Waals surface area contributed by atoms with Gasteiger partial charge in [0.05, 0.1) is 0 Å². The molecule has 0 aromatic heterocycles. The van der Waals surface area contributed by atoms with E-state index < -0.39 is 0 Å². The van der Waals surface area contributed by atoms with Gasteiger partial charge in [0.2, 0.25) is 0 Å². The molecule has 1 atom stereocenters. The molecule has 3 rings (SSSR count). The van der Waals surface area contributed by atoms with Gasteiger partial charge < -0.3 is 0 Å². The van der Waals surface area contributed by atoms with Crippen LogP contribution in [0.2, 0.25) is 0 Å². The molecule has 0 aliphatic rings. The third-order valence-corrected chi connectivity index (χ3v) is 4.92. The summed E-state index contributed by atoms with van der Waals surface area (Å²) in [4.78, 5) is 0. The van der Waals surface area contributed by atoms with Crippen molar-refractivity contribution < 1.29 is 0 Å². The Hall–Kier alpha value is -2.57. The summed E-state index contributed by atoms with van der Waals surface area (Å²) in [6.07, 6.45) is 8.75. The van der Waals surface area contributed by atoms with Crippen molar-refractivity contribution >= 4 is 22.7 Å². The van der Waals surface area contributed by atoms with E-state index in [-0.39, 0.29) is 5.92 Å². The fraction of sp³-hybridized carbons (Fsp3) is 0.154. The standard InChI is InChI=1S/C26H25Cl/c1-2-9-21-14-17-24(18-15-21)26(27)20-25(23-12-7-4-8-13-23)19-16-22-10-5-3-6-11-22/h3-8,10-20,25H,2,9H2,1H3/b19-16+,26-20+. The van der Waals surface area contributed by atoms with Crippen LogP contribution in [0.4, 0.5) is 0 Å². The van der Waals surface area contributed by atoms with Gasteiger partial charge in [-0.1, -0.05) is 128 Å². The van der Waals surface area contributed by atoms with E-state index in [1.807, 2.05) is 12.1 Å². The molecule has 0 fully saturated rings. The highest BCUT2D eigenvalue weighted by Gasteiger charge is 2.07. The van der Waals surface area contributed by atoms with Crippen LogP contribution in [0.25, 0.3) is 11.1 Å². The molecule has 0 amide bonds. The molecule has 1 heteroatoms. The zero-order valence-corrected chi connectivity index (χ0v) is 16.4. The second kappa shape index (κ2) is 9.94. The molecule has 0 spiro atoms. The van der Waals surface area contributed by atoms with E-state index in [2.05, 4.69) is 97.9 Å². The fourth-order valence-corrected chi connectivity index (χ4v) is 3.35. The molecule has 0 saturated heterocycles. The molecule has 0 aliphatic carbocycles. The minimum atomic E-state index is 0.120. The Morgan fingerprint density at radius 1 is 0.852 bits per heavy atom. The third kappa shape index (κ3) is 5.70. The van der Waals surface area contributed by atoms with Crippen LogP contribution in [-0.2, 0) is 6.42 Å². The van der Waals surface area contributed by atoms with Crippen molar-refractivity contribution in [3.63, 3.8) is 0 Å². The number of allylic oxidation sites excluding steroid dienone is 2. The third-order valence-electron chi connectivity index (χ3n) is 4.57. The summed E-state index contributed by atoms with van der Waals surface area (Å²) in [7, 11) is 0. The fourth-order valence-electron chi connectivity index (χ4n) is 3.09. The molecule has 136 valence electrons. The van der Waals surface area contributed by atoms with E-state index in [0.717, 1.165) is 23.4 Å². The smallest absolute Gasteiger partial charge is 0.0447 e. The van der Waals surface area contributed by atoms with Gasteiger partial charge in [0, 0.05) is 11.0 Å². The summed E-state index contributed by atoms with van der Waals surface area (Å²) in [5.74, 6) is 0.120. The monoisotopic (exact) mass is 372 g/mol. The largest absolute Gasteiger partial charge is 0.0840 e. The average molecular weight is 373 g/mol. The van der Waals surface area contributed by atoms with Crippen LogP contribution in [0.15, 0.2) is 97.1 Å². The number of aryl methyl sites for hydroxylation is 1. The summed E-state index contributed by atoms with van der Waals surface area (Å²) in [5, 5.41) is 0.782. The zero-order chi connectivity index (χ0) is 18.9. The van der Waals surface area contributed by atoms with Gasteiger partial charge in [0.1, 0.15) is 0 Å². The second-order valence-corrected chi connectivity index (χ2v) is 7.07. The minimum absolute atomic E-state index is 0.120. The van der Waals surface area contributed by atoms with Crippen molar-refractivity contribution in [1.82, 2.24) is 0 Å². The molecule has 3 aromatic rings. The van der Waals surface area contributed by atoms with Crippen LogP contribution >= 0.6 is 11.6 Å². The topological polar surface area (TPSA) is 0 Å². The van der Waals surface area contributed by atoms with Crippen molar-refractivity contribution in [2.45, 2.75) is 25.7 Å². The number of hydrogen-bond donors (Lipinski definition) is 0. The molecular formula is C26H25Cl. The van der Waals surface area contributed by atoms with Crippen LogP contribution in [0.5, 0.6) is 0 Å². The summed E-state index contributed by atoms with van der Waals surface area (Å²) in [5.41, 5.74) is 4.83.